The van der Waals surface area contributed by atoms with Gasteiger partial charge in [0.05, 0.1) is 44.4 Å². The number of H-pyrrole nitrogens is 1. The van der Waals surface area contributed by atoms with Crippen LogP contribution in [0.15, 0.2) is 52.3 Å². The first-order chi connectivity index (χ1) is 18.0. The molecule has 0 aliphatic rings. The number of hydrogen-bond acceptors (Lipinski definition) is 10. The van der Waals surface area contributed by atoms with Gasteiger partial charge in [0, 0.05) is 36.6 Å². The number of methoxy groups -OCH3 is 3. The third kappa shape index (κ3) is 4.87. The molecule has 0 amide bonds. The molecule has 11 nitrogen and oxygen atoms in total. The lowest BCUT2D eigenvalue weighted by atomic mass is 10.1. The normalized spacial score (nSPS) is 11.1. The summed E-state index contributed by atoms with van der Waals surface area (Å²) in [6.45, 7) is 2.06. The van der Waals surface area contributed by atoms with Crippen molar-refractivity contribution in [2.45, 2.75) is 18.2 Å². The Balaban J connectivity index is 1.42. The molecule has 0 saturated heterocycles. The number of aromatic nitrogens is 5. The fourth-order valence-electron chi connectivity index (χ4n) is 3.84. The average molecular weight is 522 g/mol. The third-order valence-electron chi connectivity index (χ3n) is 5.78. The summed E-state index contributed by atoms with van der Waals surface area (Å²) >= 11 is 1.31. The Morgan fingerprint density at radius 3 is 2.41 bits per heavy atom. The molecule has 0 fully saturated rings. The number of aromatic amines is 1. The summed E-state index contributed by atoms with van der Waals surface area (Å²) in [6, 6.07) is 9.50. The van der Waals surface area contributed by atoms with E-state index in [0.29, 0.717) is 40.2 Å². The predicted molar refractivity (Wildman–Crippen MR) is 143 cm³/mol. The van der Waals surface area contributed by atoms with Crippen molar-refractivity contribution in [2.24, 2.45) is 7.05 Å². The lowest BCUT2D eigenvalue weighted by Gasteiger charge is -2.14. The van der Waals surface area contributed by atoms with Crippen LogP contribution in [0.5, 0.6) is 17.2 Å². The number of nitrogens with zero attached hydrogens (tertiary/aromatic N) is 4. The summed E-state index contributed by atoms with van der Waals surface area (Å²) in [5.74, 6) is 3.13. The topological polar surface area (TPSA) is 124 Å². The lowest BCUT2D eigenvalue weighted by molar-refractivity contribution is 0.377. The average Bonchev–Trinajstić information content (AvgIpc) is 3.66. The summed E-state index contributed by atoms with van der Waals surface area (Å²) in [7, 11) is 6.78. The van der Waals surface area contributed by atoms with Gasteiger partial charge in [-0.1, -0.05) is 12.1 Å². The maximum absolute atomic E-state index is 5.68. The van der Waals surface area contributed by atoms with Crippen molar-refractivity contribution in [3.63, 3.8) is 0 Å². The van der Waals surface area contributed by atoms with E-state index in [-0.39, 0.29) is 0 Å². The Kier molecular flexibility index (Phi) is 6.82. The first kappa shape index (κ1) is 24.4. The molecule has 5 rings (SSSR count). The third-order valence-corrected chi connectivity index (χ3v) is 6.68. The van der Waals surface area contributed by atoms with Crippen molar-refractivity contribution in [2.75, 3.05) is 31.4 Å². The van der Waals surface area contributed by atoms with Gasteiger partial charge in [-0.15, -0.1) is 0 Å². The molecule has 3 heterocycles. The zero-order chi connectivity index (χ0) is 25.9. The smallest absolute Gasteiger partial charge is 0.187 e. The summed E-state index contributed by atoms with van der Waals surface area (Å²) in [6.07, 6.45) is 4.55. The van der Waals surface area contributed by atoms with Gasteiger partial charge in [0.2, 0.25) is 0 Å². The van der Waals surface area contributed by atoms with Gasteiger partial charge < -0.3 is 33.3 Å². The second-order valence-electron chi connectivity index (χ2n) is 8.18. The number of rotatable bonds is 10. The molecule has 3 N–H and O–H groups in total. The molecule has 0 spiro atoms. The predicted octanol–water partition coefficient (Wildman–Crippen LogP) is 5.40. The molecular formula is C25H27N7O4S. The van der Waals surface area contributed by atoms with Crippen molar-refractivity contribution in [1.82, 2.24) is 24.9 Å². The van der Waals surface area contributed by atoms with Crippen LogP contribution in [-0.4, -0.2) is 46.2 Å². The second kappa shape index (κ2) is 10.3. The minimum absolute atomic E-state index is 0.538. The van der Waals surface area contributed by atoms with Gasteiger partial charge >= 0.3 is 0 Å². The Hall–Kier alpha value is -4.32. The molecule has 12 heteroatoms. The van der Waals surface area contributed by atoms with Crippen molar-refractivity contribution >= 4 is 40.2 Å². The van der Waals surface area contributed by atoms with E-state index in [1.807, 2.05) is 48.1 Å². The van der Waals surface area contributed by atoms with Crippen molar-refractivity contribution in [3.8, 4) is 28.5 Å². The van der Waals surface area contributed by atoms with Crippen LogP contribution in [0, 0.1) is 0 Å². The fourth-order valence-corrected chi connectivity index (χ4v) is 4.67. The molecule has 192 valence electrons. The molecule has 37 heavy (non-hydrogen) atoms. The van der Waals surface area contributed by atoms with Crippen LogP contribution in [0.1, 0.15) is 12.6 Å². The molecule has 0 saturated carbocycles. The van der Waals surface area contributed by atoms with Crippen LogP contribution >= 0.6 is 11.9 Å². The molecule has 3 aromatic heterocycles. The van der Waals surface area contributed by atoms with Crippen LogP contribution in [0.25, 0.3) is 22.2 Å². The maximum Gasteiger partial charge on any atom is 0.187 e. The summed E-state index contributed by atoms with van der Waals surface area (Å²) < 4.78 is 27.7. The van der Waals surface area contributed by atoms with Gasteiger partial charge in [0.25, 0.3) is 0 Å². The van der Waals surface area contributed by atoms with Crippen molar-refractivity contribution < 1.29 is 18.7 Å². The standard InChI is InChI=1S/C25H27N7O4S/c1-6-15-9-23(29-28-15)27-17-11-19-16(10-20(17)33-3)25(30-36-19)31-37-24-21(34-4)7-14(8-22(24)35-5)18-12-32(2)13-26-18/h7-13H,6H2,1-5H3,(H,30,31)(H2,27,28,29). The van der Waals surface area contributed by atoms with Gasteiger partial charge in [-0.2, -0.15) is 5.10 Å². The molecular weight excluding hydrogens is 494 g/mol. The fraction of sp³-hybridized carbons (Fsp3) is 0.240. The Morgan fingerprint density at radius 1 is 1.03 bits per heavy atom. The summed E-state index contributed by atoms with van der Waals surface area (Å²) in [4.78, 5) is 5.19. The number of hydrogen-bond donors (Lipinski definition) is 3. The van der Waals surface area contributed by atoms with E-state index in [0.717, 1.165) is 33.7 Å². The first-order valence-electron chi connectivity index (χ1n) is 11.5. The quantitative estimate of drug-likeness (QED) is 0.206. The monoisotopic (exact) mass is 521 g/mol. The van der Waals surface area contributed by atoms with Crippen LogP contribution in [-0.2, 0) is 13.5 Å². The van der Waals surface area contributed by atoms with Crippen LogP contribution < -0.4 is 24.2 Å². The van der Waals surface area contributed by atoms with Gasteiger partial charge in [0.1, 0.15) is 22.1 Å². The lowest BCUT2D eigenvalue weighted by Crippen LogP contribution is -1.97. The van der Waals surface area contributed by atoms with E-state index < -0.39 is 0 Å². The summed E-state index contributed by atoms with van der Waals surface area (Å²) in [5.41, 5.74) is 4.04. The zero-order valence-electron chi connectivity index (χ0n) is 21.1. The highest BCUT2D eigenvalue weighted by Crippen LogP contribution is 2.43. The largest absolute Gasteiger partial charge is 0.495 e. The Labute approximate surface area is 217 Å². The number of fused-ring (bicyclic) bond motifs is 1. The highest BCUT2D eigenvalue weighted by Gasteiger charge is 2.19. The second-order valence-corrected chi connectivity index (χ2v) is 8.99. The molecule has 5 aromatic rings. The van der Waals surface area contributed by atoms with Crippen LogP contribution in [0.3, 0.4) is 0 Å². The number of aryl methyl sites for hydroxylation is 2. The highest BCUT2D eigenvalue weighted by molar-refractivity contribution is 8.00. The molecule has 0 atom stereocenters. The summed E-state index contributed by atoms with van der Waals surface area (Å²) in [5, 5.41) is 15.5. The number of anilines is 3. The van der Waals surface area contributed by atoms with E-state index in [9.17, 15) is 0 Å². The van der Waals surface area contributed by atoms with Crippen molar-refractivity contribution in [1.29, 1.82) is 0 Å². The number of imidazole rings is 1. The van der Waals surface area contributed by atoms with Gasteiger partial charge in [-0.25, -0.2) is 4.98 Å². The molecule has 0 unspecified atom stereocenters. The van der Waals surface area contributed by atoms with Gasteiger partial charge in [0.15, 0.2) is 17.2 Å². The van der Waals surface area contributed by atoms with Crippen LogP contribution in [0.4, 0.5) is 17.3 Å². The molecule has 0 bridgehead atoms. The van der Waals surface area contributed by atoms with Crippen LogP contribution in [0.2, 0.25) is 0 Å². The first-order valence-corrected chi connectivity index (χ1v) is 12.3. The van der Waals surface area contributed by atoms with Gasteiger partial charge in [-0.3, -0.25) is 5.10 Å². The number of benzene rings is 2. The SMILES string of the molecule is CCc1cc(Nc2cc3onc(NSc4c(OC)cc(-c5cn(C)cn5)cc4OC)c3cc2OC)n[nH]1. The van der Waals surface area contributed by atoms with E-state index in [4.69, 9.17) is 18.7 Å². The molecule has 0 radical (unpaired) electrons. The Bertz CT molecular complexity index is 1520. The maximum atomic E-state index is 5.68. The molecule has 2 aromatic carbocycles. The van der Waals surface area contributed by atoms with Gasteiger partial charge in [-0.05, 0) is 36.6 Å². The number of nitrogens with one attached hydrogen (secondary N) is 3. The highest BCUT2D eigenvalue weighted by atomic mass is 32.2. The van der Waals surface area contributed by atoms with Crippen molar-refractivity contribution in [3.05, 3.63) is 48.5 Å². The number of ether oxygens (including phenoxy) is 3. The minimum atomic E-state index is 0.538. The van der Waals surface area contributed by atoms with E-state index in [1.54, 1.807) is 27.7 Å². The minimum Gasteiger partial charge on any atom is -0.495 e. The molecule has 0 aliphatic carbocycles. The van der Waals surface area contributed by atoms with E-state index in [2.05, 4.69) is 37.3 Å². The molecule has 0 aliphatic heterocycles. The van der Waals surface area contributed by atoms with E-state index >= 15 is 0 Å². The zero-order valence-corrected chi connectivity index (χ0v) is 21.9. The van der Waals surface area contributed by atoms with E-state index in [1.165, 1.54) is 11.9 Å². The Morgan fingerprint density at radius 2 is 1.78 bits per heavy atom.